The number of likely N-dealkylation sites (tertiary alicyclic amines) is 1. The molecule has 0 aromatic heterocycles. The van der Waals surface area contributed by atoms with E-state index in [0.717, 1.165) is 43.7 Å². The molecular weight excluding hydrogens is 316 g/mol. The molecule has 1 heterocycles. The van der Waals surface area contributed by atoms with E-state index in [9.17, 15) is 4.79 Å². The number of benzene rings is 1. The highest BCUT2D eigenvalue weighted by Gasteiger charge is 2.29. The van der Waals surface area contributed by atoms with Crippen LogP contribution in [0.15, 0.2) is 24.3 Å². The maximum Gasteiger partial charge on any atom is 0.317 e. The van der Waals surface area contributed by atoms with Crippen molar-refractivity contribution in [3.8, 4) is 5.75 Å². The Morgan fingerprint density at radius 3 is 2.88 bits per heavy atom. The predicted octanol–water partition coefficient (Wildman–Crippen LogP) is 3.89. The molecule has 1 aliphatic heterocycles. The van der Waals surface area contributed by atoms with E-state index < -0.39 is 0 Å². The largest absolute Gasteiger partial charge is 0.497 e. The van der Waals surface area contributed by atoms with Gasteiger partial charge in [0, 0.05) is 19.7 Å². The van der Waals surface area contributed by atoms with E-state index >= 15 is 0 Å². The van der Waals surface area contributed by atoms with Gasteiger partial charge < -0.3 is 19.7 Å². The average molecular weight is 346 g/mol. The van der Waals surface area contributed by atoms with Gasteiger partial charge >= 0.3 is 6.03 Å². The first kappa shape index (κ1) is 18.1. The van der Waals surface area contributed by atoms with E-state index in [1.54, 1.807) is 7.11 Å². The SMILES string of the molecule is COc1cccc([C@H]2CCCN2C(=O)NCCCOC2CCCC2)c1. The maximum atomic E-state index is 12.5. The van der Waals surface area contributed by atoms with Crippen LogP contribution in [0.5, 0.6) is 5.75 Å². The van der Waals surface area contributed by atoms with E-state index in [4.69, 9.17) is 9.47 Å². The normalized spacial score (nSPS) is 20.8. The smallest absolute Gasteiger partial charge is 0.317 e. The summed E-state index contributed by atoms with van der Waals surface area (Å²) in [4.78, 5) is 14.5. The molecule has 2 aliphatic rings. The number of carbonyl (C=O) groups is 1. The van der Waals surface area contributed by atoms with Gasteiger partial charge in [-0.2, -0.15) is 0 Å². The summed E-state index contributed by atoms with van der Waals surface area (Å²) in [5.41, 5.74) is 1.15. The van der Waals surface area contributed by atoms with Crippen molar-refractivity contribution in [2.75, 3.05) is 26.8 Å². The molecule has 1 atom stereocenters. The first-order valence-electron chi connectivity index (χ1n) is 9.58. The molecule has 1 aromatic rings. The van der Waals surface area contributed by atoms with E-state index in [2.05, 4.69) is 11.4 Å². The van der Waals surface area contributed by atoms with Gasteiger partial charge in [-0.05, 0) is 49.8 Å². The maximum absolute atomic E-state index is 12.5. The Morgan fingerprint density at radius 2 is 2.08 bits per heavy atom. The summed E-state index contributed by atoms with van der Waals surface area (Å²) in [6.45, 7) is 2.23. The fourth-order valence-corrected chi connectivity index (χ4v) is 3.88. The van der Waals surface area contributed by atoms with Crippen LogP contribution in [0, 0.1) is 0 Å². The Balaban J connectivity index is 1.44. The van der Waals surface area contributed by atoms with Crippen LogP contribution in [0.1, 0.15) is 56.6 Å². The van der Waals surface area contributed by atoms with Gasteiger partial charge in [0.05, 0.1) is 19.3 Å². The van der Waals surface area contributed by atoms with E-state index in [0.29, 0.717) is 12.6 Å². The van der Waals surface area contributed by atoms with Gasteiger partial charge in [0.15, 0.2) is 0 Å². The highest BCUT2D eigenvalue weighted by Crippen LogP contribution is 2.33. The molecule has 0 unspecified atom stereocenters. The minimum atomic E-state index is 0.0335. The molecule has 0 spiro atoms. The Hall–Kier alpha value is -1.75. The highest BCUT2D eigenvalue weighted by atomic mass is 16.5. The molecule has 1 N–H and O–H groups in total. The Morgan fingerprint density at radius 1 is 1.24 bits per heavy atom. The molecule has 5 nitrogen and oxygen atoms in total. The van der Waals surface area contributed by atoms with Crippen LogP contribution in [0.4, 0.5) is 4.79 Å². The zero-order valence-electron chi connectivity index (χ0n) is 15.2. The second-order valence-corrected chi connectivity index (χ2v) is 6.99. The fraction of sp³-hybridized carbons (Fsp3) is 0.650. The number of ether oxygens (including phenoxy) is 2. The number of nitrogens with one attached hydrogen (secondary N) is 1. The first-order valence-corrected chi connectivity index (χ1v) is 9.58. The summed E-state index contributed by atoms with van der Waals surface area (Å²) in [5, 5.41) is 3.05. The molecule has 0 radical (unpaired) electrons. The van der Waals surface area contributed by atoms with E-state index in [-0.39, 0.29) is 12.1 Å². The predicted molar refractivity (Wildman–Crippen MR) is 97.9 cm³/mol. The lowest BCUT2D eigenvalue weighted by atomic mass is 10.0. The second-order valence-electron chi connectivity index (χ2n) is 6.99. The van der Waals surface area contributed by atoms with Crippen LogP contribution >= 0.6 is 0 Å². The summed E-state index contributed by atoms with van der Waals surface area (Å²) in [5.74, 6) is 0.841. The van der Waals surface area contributed by atoms with E-state index in [1.807, 2.05) is 23.1 Å². The molecule has 5 heteroatoms. The number of carbonyl (C=O) groups excluding carboxylic acids is 1. The molecular formula is C20H30N2O3. The third-order valence-electron chi connectivity index (χ3n) is 5.25. The average Bonchev–Trinajstić information content (AvgIpc) is 3.33. The van der Waals surface area contributed by atoms with Crippen LogP contribution in [-0.4, -0.2) is 43.8 Å². The van der Waals surface area contributed by atoms with Gasteiger partial charge in [-0.3, -0.25) is 0 Å². The number of hydrogen-bond donors (Lipinski definition) is 1. The molecule has 1 saturated carbocycles. The Labute approximate surface area is 150 Å². The van der Waals surface area contributed by atoms with Gasteiger partial charge in [-0.1, -0.05) is 25.0 Å². The summed E-state index contributed by atoms with van der Waals surface area (Å²) in [6, 6.07) is 8.21. The first-order chi connectivity index (χ1) is 12.3. The van der Waals surface area contributed by atoms with Crippen LogP contribution in [0.3, 0.4) is 0 Å². The van der Waals surface area contributed by atoms with Crippen molar-refractivity contribution < 1.29 is 14.3 Å². The molecule has 25 heavy (non-hydrogen) atoms. The number of amides is 2. The van der Waals surface area contributed by atoms with Crippen molar-refractivity contribution in [2.45, 2.75) is 57.1 Å². The number of hydrogen-bond acceptors (Lipinski definition) is 3. The molecule has 1 saturated heterocycles. The highest BCUT2D eigenvalue weighted by molar-refractivity contribution is 5.75. The summed E-state index contributed by atoms with van der Waals surface area (Å²) >= 11 is 0. The van der Waals surface area contributed by atoms with Crippen LogP contribution in [-0.2, 0) is 4.74 Å². The number of rotatable bonds is 7. The summed E-state index contributed by atoms with van der Waals surface area (Å²) < 4.78 is 11.2. The zero-order chi connectivity index (χ0) is 17.5. The molecule has 0 bridgehead atoms. The van der Waals surface area contributed by atoms with Crippen LogP contribution in [0.25, 0.3) is 0 Å². The van der Waals surface area contributed by atoms with Crippen LogP contribution in [0.2, 0.25) is 0 Å². The van der Waals surface area contributed by atoms with Gasteiger partial charge in [-0.15, -0.1) is 0 Å². The van der Waals surface area contributed by atoms with Crippen molar-refractivity contribution in [1.82, 2.24) is 10.2 Å². The van der Waals surface area contributed by atoms with Crippen molar-refractivity contribution >= 4 is 6.03 Å². The van der Waals surface area contributed by atoms with Crippen molar-refractivity contribution in [1.29, 1.82) is 0 Å². The Kier molecular flexibility index (Phi) is 6.56. The lowest BCUT2D eigenvalue weighted by Gasteiger charge is -2.25. The van der Waals surface area contributed by atoms with Gasteiger partial charge in [0.25, 0.3) is 0 Å². The van der Waals surface area contributed by atoms with Gasteiger partial charge in [0.2, 0.25) is 0 Å². The minimum Gasteiger partial charge on any atom is -0.497 e. The summed E-state index contributed by atoms with van der Waals surface area (Å²) in [7, 11) is 1.67. The van der Waals surface area contributed by atoms with Crippen LogP contribution < -0.4 is 10.1 Å². The number of urea groups is 1. The van der Waals surface area contributed by atoms with Gasteiger partial charge in [0.1, 0.15) is 5.75 Å². The van der Waals surface area contributed by atoms with Crippen molar-refractivity contribution in [3.05, 3.63) is 29.8 Å². The standard InChI is InChI=1S/C20H30N2O3/c1-24-18-10-4-7-16(15-18)19-11-5-13-22(19)20(23)21-12-6-14-25-17-8-2-3-9-17/h4,7,10,15,17,19H,2-3,5-6,8-9,11-14H2,1H3,(H,21,23)/t19-/m1/s1. The molecule has 1 aliphatic carbocycles. The minimum absolute atomic E-state index is 0.0335. The quantitative estimate of drug-likeness (QED) is 0.762. The number of methoxy groups -OCH3 is 1. The fourth-order valence-electron chi connectivity index (χ4n) is 3.88. The van der Waals surface area contributed by atoms with Crippen molar-refractivity contribution in [3.63, 3.8) is 0 Å². The van der Waals surface area contributed by atoms with Crippen molar-refractivity contribution in [2.24, 2.45) is 0 Å². The molecule has 1 aromatic carbocycles. The van der Waals surface area contributed by atoms with Gasteiger partial charge in [-0.25, -0.2) is 4.79 Å². The topological polar surface area (TPSA) is 50.8 Å². The lowest BCUT2D eigenvalue weighted by molar-refractivity contribution is 0.0570. The third-order valence-corrected chi connectivity index (χ3v) is 5.25. The molecule has 2 amide bonds. The lowest BCUT2D eigenvalue weighted by Crippen LogP contribution is -2.40. The number of nitrogens with zero attached hydrogens (tertiary/aromatic N) is 1. The molecule has 2 fully saturated rings. The second kappa shape index (κ2) is 9.09. The Bertz CT molecular complexity index is 558. The monoisotopic (exact) mass is 346 g/mol. The van der Waals surface area contributed by atoms with E-state index in [1.165, 1.54) is 25.7 Å². The molecule has 138 valence electrons. The zero-order valence-corrected chi connectivity index (χ0v) is 15.2. The molecule has 3 rings (SSSR count). The summed E-state index contributed by atoms with van der Waals surface area (Å²) in [6.07, 6.45) is 8.35. The third kappa shape index (κ3) is 4.88.